The molecule has 2 unspecified atom stereocenters. The highest BCUT2D eigenvalue weighted by Gasteiger charge is 2.22. The van der Waals surface area contributed by atoms with E-state index in [2.05, 4.69) is 36.4 Å². The van der Waals surface area contributed by atoms with Crippen molar-refractivity contribution in [3.05, 3.63) is 11.4 Å². The summed E-state index contributed by atoms with van der Waals surface area (Å²) in [7, 11) is 1.93. The molecule has 0 amide bonds. The summed E-state index contributed by atoms with van der Waals surface area (Å²) in [5, 5.41) is 6.87. The minimum absolute atomic E-state index is 0.552. The van der Waals surface area contributed by atoms with Gasteiger partial charge in [-0.05, 0) is 32.1 Å². The van der Waals surface area contributed by atoms with Gasteiger partial charge in [-0.2, -0.15) is 0 Å². The van der Waals surface area contributed by atoms with E-state index in [1.165, 1.54) is 25.7 Å². The Kier molecular flexibility index (Phi) is 5.21. The van der Waals surface area contributed by atoms with Crippen LogP contribution in [0.15, 0.2) is 0 Å². The van der Waals surface area contributed by atoms with Gasteiger partial charge in [0, 0.05) is 25.1 Å². The van der Waals surface area contributed by atoms with Crippen LogP contribution in [0.4, 0.5) is 11.6 Å². The van der Waals surface area contributed by atoms with E-state index in [1.807, 2.05) is 7.05 Å². The molecule has 0 aliphatic heterocycles. The second-order valence-electron chi connectivity index (χ2n) is 5.97. The van der Waals surface area contributed by atoms with E-state index in [1.54, 1.807) is 0 Å². The number of anilines is 2. The lowest BCUT2D eigenvalue weighted by atomic mass is 9.86. The van der Waals surface area contributed by atoms with Crippen LogP contribution in [-0.4, -0.2) is 23.1 Å². The van der Waals surface area contributed by atoms with Crippen molar-refractivity contribution in [1.29, 1.82) is 0 Å². The van der Waals surface area contributed by atoms with Crippen LogP contribution in [0.2, 0.25) is 0 Å². The topological polar surface area (TPSA) is 49.8 Å². The van der Waals surface area contributed by atoms with E-state index in [9.17, 15) is 0 Å². The fourth-order valence-electron chi connectivity index (χ4n) is 2.99. The smallest absolute Gasteiger partial charge is 0.135 e. The molecule has 1 fully saturated rings. The third kappa shape index (κ3) is 3.41. The first-order chi connectivity index (χ1) is 9.65. The fourth-order valence-corrected chi connectivity index (χ4v) is 2.99. The lowest BCUT2D eigenvalue weighted by Gasteiger charge is -2.30. The zero-order valence-corrected chi connectivity index (χ0v) is 13.3. The number of nitrogens with zero attached hydrogens (tertiary/aromatic N) is 2. The summed E-state index contributed by atoms with van der Waals surface area (Å²) in [6.45, 7) is 6.61. The summed E-state index contributed by atoms with van der Waals surface area (Å²) in [4.78, 5) is 9.33. The molecule has 4 heteroatoms. The number of hydrogen-bond donors (Lipinski definition) is 2. The Balaban J connectivity index is 2.22. The summed E-state index contributed by atoms with van der Waals surface area (Å²) < 4.78 is 0. The van der Waals surface area contributed by atoms with Gasteiger partial charge in [-0.15, -0.1) is 0 Å². The molecule has 0 saturated heterocycles. The van der Waals surface area contributed by atoms with Gasteiger partial charge in [-0.25, -0.2) is 9.97 Å². The maximum atomic E-state index is 4.74. The number of hydrogen-bond acceptors (Lipinski definition) is 4. The van der Waals surface area contributed by atoms with Gasteiger partial charge in [-0.1, -0.05) is 26.7 Å². The lowest BCUT2D eigenvalue weighted by molar-refractivity contribution is 0.349. The van der Waals surface area contributed by atoms with Gasteiger partial charge in [-0.3, -0.25) is 0 Å². The Hall–Kier alpha value is -1.32. The minimum atomic E-state index is 0.552. The molecule has 112 valence electrons. The minimum Gasteiger partial charge on any atom is -0.373 e. The van der Waals surface area contributed by atoms with Crippen LogP contribution in [-0.2, 0) is 6.42 Å². The van der Waals surface area contributed by atoms with Crippen LogP contribution in [0.25, 0.3) is 0 Å². The second kappa shape index (κ2) is 6.91. The molecule has 0 bridgehead atoms. The van der Waals surface area contributed by atoms with Crippen molar-refractivity contribution in [2.45, 2.75) is 65.3 Å². The van der Waals surface area contributed by atoms with E-state index < -0.39 is 0 Å². The van der Waals surface area contributed by atoms with E-state index in [0.29, 0.717) is 6.04 Å². The molecule has 20 heavy (non-hydrogen) atoms. The molecule has 0 radical (unpaired) electrons. The third-order valence-electron chi connectivity index (χ3n) is 4.34. The van der Waals surface area contributed by atoms with Crippen molar-refractivity contribution < 1.29 is 0 Å². The Bertz CT molecular complexity index is 444. The number of aryl methyl sites for hydroxylation is 1. The molecule has 2 N–H and O–H groups in total. The third-order valence-corrected chi connectivity index (χ3v) is 4.34. The lowest BCUT2D eigenvalue weighted by Crippen LogP contribution is -2.31. The van der Waals surface area contributed by atoms with Crippen molar-refractivity contribution in [3.8, 4) is 0 Å². The highest BCUT2D eigenvalue weighted by Crippen LogP contribution is 2.28. The molecule has 1 aliphatic carbocycles. The standard InChI is InChI=1S/C16H28N4/c1-5-8-14-19-15(17-4)12(3)16(20-14)18-13-10-7-6-9-11(13)2/h11,13H,5-10H2,1-4H3,(H2,17,18,19,20). The van der Waals surface area contributed by atoms with Crippen LogP contribution in [0.1, 0.15) is 57.3 Å². The van der Waals surface area contributed by atoms with Crippen LogP contribution in [0, 0.1) is 12.8 Å². The molecule has 0 spiro atoms. The molecule has 0 aromatic carbocycles. The quantitative estimate of drug-likeness (QED) is 0.859. The Morgan fingerprint density at radius 2 is 1.85 bits per heavy atom. The zero-order valence-electron chi connectivity index (χ0n) is 13.3. The largest absolute Gasteiger partial charge is 0.373 e. The molecule has 2 atom stereocenters. The SMILES string of the molecule is CCCc1nc(NC)c(C)c(NC2CCCCC2C)n1. The van der Waals surface area contributed by atoms with Gasteiger partial charge >= 0.3 is 0 Å². The summed E-state index contributed by atoms with van der Waals surface area (Å²) in [5.74, 6) is 3.64. The summed E-state index contributed by atoms with van der Waals surface area (Å²) in [6.07, 6.45) is 7.28. The monoisotopic (exact) mass is 276 g/mol. The molecular weight excluding hydrogens is 248 g/mol. The molecule has 1 saturated carbocycles. The van der Waals surface area contributed by atoms with Gasteiger partial charge in [0.25, 0.3) is 0 Å². The van der Waals surface area contributed by atoms with Crippen molar-refractivity contribution in [3.63, 3.8) is 0 Å². The highest BCUT2D eigenvalue weighted by molar-refractivity contribution is 5.57. The van der Waals surface area contributed by atoms with Gasteiger partial charge in [0.1, 0.15) is 17.5 Å². The van der Waals surface area contributed by atoms with Crippen molar-refractivity contribution in [2.75, 3.05) is 17.7 Å². The van der Waals surface area contributed by atoms with Crippen molar-refractivity contribution >= 4 is 11.6 Å². The Morgan fingerprint density at radius 1 is 1.15 bits per heavy atom. The van der Waals surface area contributed by atoms with Gasteiger partial charge in [0.2, 0.25) is 0 Å². The average Bonchev–Trinajstić information content (AvgIpc) is 2.45. The van der Waals surface area contributed by atoms with Crippen LogP contribution >= 0.6 is 0 Å². The summed E-state index contributed by atoms with van der Waals surface area (Å²) in [5.41, 5.74) is 1.13. The fraction of sp³-hybridized carbons (Fsp3) is 0.750. The van der Waals surface area contributed by atoms with Crippen molar-refractivity contribution in [2.24, 2.45) is 5.92 Å². The molecule has 1 heterocycles. The first-order valence-corrected chi connectivity index (χ1v) is 7.97. The highest BCUT2D eigenvalue weighted by atomic mass is 15.1. The van der Waals surface area contributed by atoms with Crippen molar-refractivity contribution in [1.82, 2.24) is 9.97 Å². The van der Waals surface area contributed by atoms with Gasteiger partial charge in [0.05, 0.1) is 0 Å². The zero-order chi connectivity index (χ0) is 14.5. The molecule has 4 nitrogen and oxygen atoms in total. The van der Waals surface area contributed by atoms with Crippen LogP contribution in [0.5, 0.6) is 0 Å². The molecule has 1 aromatic rings. The van der Waals surface area contributed by atoms with Gasteiger partial charge < -0.3 is 10.6 Å². The molecule has 1 aromatic heterocycles. The maximum Gasteiger partial charge on any atom is 0.135 e. The average molecular weight is 276 g/mol. The van der Waals surface area contributed by atoms with E-state index >= 15 is 0 Å². The normalized spacial score (nSPS) is 22.6. The number of rotatable bonds is 5. The van der Waals surface area contributed by atoms with Crippen LogP contribution in [0.3, 0.4) is 0 Å². The number of aromatic nitrogens is 2. The summed E-state index contributed by atoms with van der Waals surface area (Å²) >= 11 is 0. The maximum absolute atomic E-state index is 4.74. The van der Waals surface area contributed by atoms with Gasteiger partial charge in [0.15, 0.2) is 0 Å². The first kappa shape index (κ1) is 15.1. The van der Waals surface area contributed by atoms with E-state index in [-0.39, 0.29) is 0 Å². The summed E-state index contributed by atoms with van der Waals surface area (Å²) in [6, 6.07) is 0.552. The molecule has 2 rings (SSSR count). The predicted octanol–water partition coefficient (Wildman–Crippen LogP) is 3.77. The van der Waals surface area contributed by atoms with E-state index in [0.717, 1.165) is 41.8 Å². The van der Waals surface area contributed by atoms with Crippen LogP contribution < -0.4 is 10.6 Å². The first-order valence-electron chi connectivity index (χ1n) is 7.97. The Morgan fingerprint density at radius 3 is 2.50 bits per heavy atom. The Labute approximate surface area is 122 Å². The second-order valence-corrected chi connectivity index (χ2v) is 5.97. The predicted molar refractivity (Wildman–Crippen MR) is 85.4 cm³/mol. The molecular formula is C16H28N4. The molecule has 1 aliphatic rings. The van der Waals surface area contributed by atoms with E-state index in [4.69, 9.17) is 4.98 Å². The number of nitrogens with one attached hydrogen (secondary N) is 2.